The number of thiocarbonyl (C=S) groups is 1. The molecule has 0 aromatic carbocycles. The third-order valence-electron chi connectivity index (χ3n) is 6.21. The van der Waals surface area contributed by atoms with Crippen LogP contribution in [-0.2, 0) is 15.6 Å². The lowest BCUT2D eigenvalue weighted by Gasteiger charge is -2.33. The van der Waals surface area contributed by atoms with Gasteiger partial charge in [-0.05, 0) is 77.0 Å². The van der Waals surface area contributed by atoms with Crippen molar-refractivity contribution in [2.45, 2.75) is 93.9 Å². The zero-order chi connectivity index (χ0) is 27.4. The molecule has 2 heterocycles. The van der Waals surface area contributed by atoms with Crippen LogP contribution in [0.15, 0.2) is 67.9 Å². The summed E-state index contributed by atoms with van der Waals surface area (Å²) in [6, 6.07) is 4.25. The molecular formula is C32H43O2S2+. The van der Waals surface area contributed by atoms with Crippen LogP contribution in [0.4, 0.5) is 0 Å². The van der Waals surface area contributed by atoms with E-state index in [4.69, 9.17) is 34.0 Å². The number of ether oxygens (including phenoxy) is 1. The first-order valence-electron chi connectivity index (χ1n) is 12.7. The van der Waals surface area contributed by atoms with E-state index in [-0.39, 0.29) is 21.7 Å². The molecule has 2 nitrogen and oxygen atoms in total. The second-order valence-corrected chi connectivity index (χ2v) is 14.9. The first-order chi connectivity index (χ1) is 16.2. The number of rotatable bonds is 2. The fourth-order valence-electron chi connectivity index (χ4n) is 3.73. The van der Waals surface area contributed by atoms with Gasteiger partial charge in [-0.3, -0.25) is 0 Å². The highest BCUT2D eigenvalue weighted by atomic mass is 32.1. The van der Waals surface area contributed by atoms with E-state index in [2.05, 4.69) is 120 Å². The Balaban J connectivity index is 2.07. The molecule has 0 bridgehead atoms. The van der Waals surface area contributed by atoms with E-state index in [9.17, 15) is 0 Å². The highest BCUT2D eigenvalue weighted by Gasteiger charge is 2.35. The van der Waals surface area contributed by atoms with Crippen LogP contribution < -0.4 is 0 Å². The molecule has 4 heteroatoms. The second kappa shape index (κ2) is 9.44. The Hall–Kier alpha value is -1.91. The summed E-state index contributed by atoms with van der Waals surface area (Å²) in [5.41, 5.74) is 3.78. The maximum Gasteiger partial charge on any atom is 0.335 e. The van der Waals surface area contributed by atoms with Crippen LogP contribution in [0.2, 0.25) is 0 Å². The maximum absolute atomic E-state index is 6.30. The number of thiol groups is 1. The standard InChI is InChI=1S/C32H42O2S2/c1-29(2,3)23-15-19(16-24(33-23)30(4,5)6)13-21-27(35)22(28(21)36)14-20-17-25(31(7,8)9)34-26(18-20)32(10,11)12/h13-18H,1-12H3/p+1. The Morgan fingerprint density at radius 2 is 1.17 bits per heavy atom. The van der Waals surface area contributed by atoms with Crippen molar-refractivity contribution in [3.63, 3.8) is 0 Å². The third-order valence-corrected chi connectivity index (χ3v) is 7.13. The zero-order valence-electron chi connectivity index (χ0n) is 24.1. The monoisotopic (exact) mass is 523 g/mol. The smallest absolute Gasteiger partial charge is 0.335 e. The molecule has 0 saturated carbocycles. The lowest BCUT2D eigenvalue weighted by Crippen LogP contribution is -2.21. The van der Waals surface area contributed by atoms with Gasteiger partial charge < -0.3 is 4.74 Å². The van der Waals surface area contributed by atoms with Gasteiger partial charge in [0.2, 0.25) is 0 Å². The Labute approximate surface area is 229 Å². The number of hydrogen-bond donors (Lipinski definition) is 1. The highest BCUT2D eigenvalue weighted by Crippen LogP contribution is 2.42. The van der Waals surface area contributed by atoms with Gasteiger partial charge in [0, 0.05) is 39.0 Å². The predicted molar refractivity (Wildman–Crippen MR) is 161 cm³/mol. The van der Waals surface area contributed by atoms with Crippen LogP contribution in [0.5, 0.6) is 0 Å². The average molecular weight is 524 g/mol. The molecule has 1 aromatic heterocycles. The van der Waals surface area contributed by atoms with Crippen molar-refractivity contribution in [3.8, 4) is 0 Å². The maximum atomic E-state index is 6.30. The summed E-state index contributed by atoms with van der Waals surface area (Å²) in [7, 11) is 0. The SMILES string of the molecule is CC(C)(C)C1=CC(=CC2=C(S)/C(=C/c3cc(C(C)(C)C)[o+]c(C(C)(C)C)c3)C2=S)C=C(C(C)(C)C)O1. The van der Waals surface area contributed by atoms with Crippen molar-refractivity contribution in [3.05, 3.63) is 80.6 Å². The summed E-state index contributed by atoms with van der Waals surface area (Å²) in [5, 5.41) is 0. The van der Waals surface area contributed by atoms with Gasteiger partial charge in [0.1, 0.15) is 11.5 Å². The van der Waals surface area contributed by atoms with E-state index in [1.54, 1.807) is 0 Å². The van der Waals surface area contributed by atoms with Gasteiger partial charge in [-0.2, -0.15) is 0 Å². The third kappa shape index (κ3) is 6.31. The van der Waals surface area contributed by atoms with Crippen LogP contribution in [0.1, 0.15) is 100 Å². The highest BCUT2D eigenvalue weighted by molar-refractivity contribution is 7.87. The van der Waals surface area contributed by atoms with Crippen molar-refractivity contribution in [2.24, 2.45) is 10.8 Å². The van der Waals surface area contributed by atoms with Crippen molar-refractivity contribution < 1.29 is 9.15 Å². The van der Waals surface area contributed by atoms with Crippen molar-refractivity contribution >= 4 is 35.8 Å². The molecule has 0 spiro atoms. The zero-order valence-corrected chi connectivity index (χ0v) is 25.8. The van der Waals surface area contributed by atoms with Crippen molar-refractivity contribution in [1.82, 2.24) is 0 Å². The Morgan fingerprint density at radius 1 is 0.722 bits per heavy atom. The van der Waals surface area contributed by atoms with Crippen molar-refractivity contribution in [2.75, 3.05) is 0 Å². The van der Waals surface area contributed by atoms with Gasteiger partial charge in [-0.25, -0.2) is 4.42 Å². The minimum absolute atomic E-state index is 0.0961. The predicted octanol–water partition coefficient (Wildman–Crippen LogP) is 9.92. The van der Waals surface area contributed by atoms with E-state index < -0.39 is 0 Å². The Morgan fingerprint density at radius 3 is 1.53 bits per heavy atom. The van der Waals surface area contributed by atoms with Gasteiger partial charge in [0.15, 0.2) is 0 Å². The summed E-state index contributed by atoms with van der Waals surface area (Å²) in [6.45, 7) is 26.0. The quantitative estimate of drug-likeness (QED) is 0.180. The van der Waals surface area contributed by atoms with Crippen LogP contribution in [0.3, 0.4) is 0 Å². The molecule has 36 heavy (non-hydrogen) atoms. The molecular weight excluding hydrogens is 480 g/mol. The molecule has 1 aliphatic carbocycles. The van der Waals surface area contributed by atoms with Crippen LogP contribution in [-0.4, -0.2) is 4.86 Å². The summed E-state index contributed by atoms with van der Waals surface area (Å²) in [4.78, 5) is 1.76. The minimum Gasteiger partial charge on any atom is -0.465 e. The van der Waals surface area contributed by atoms with E-state index in [0.717, 1.165) is 55.1 Å². The fraction of sp³-hybridized carbons (Fsp3) is 0.500. The topological polar surface area (TPSA) is 20.5 Å². The molecule has 194 valence electrons. The summed E-state index contributed by atoms with van der Waals surface area (Å²) in [5.74, 6) is 3.84. The van der Waals surface area contributed by atoms with Crippen LogP contribution >= 0.6 is 24.8 Å². The largest absolute Gasteiger partial charge is 0.465 e. The van der Waals surface area contributed by atoms with Crippen LogP contribution in [0.25, 0.3) is 6.08 Å². The minimum atomic E-state index is -0.0961. The molecule has 1 aromatic rings. The number of hydrogen-bond acceptors (Lipinski definition) is 3. The molecule has 1 aliphatic heterocycles. The van der Waals surface area contributed by atoms with Crippen molar-refractivity contribution in [1.29, 1.82) is 0 Å². The van der Waals surface area contributed by atoms with Gasteiger partial charge in [-0.15, -0.1) is 12.6 Å². The van der Waals surface area contributed by atoms with Gasteiger partial charge in [-0.1, -0.05) is 53.8 Å². The molecule has 0 amide bonds. The fourth-order valence-corrected chi connectivity index (χ4v) is 4.56. The Kier molecular flexibility index (Phi) is 7.51. The lowest BCUT2D eigenvalue weighted by atomic mass is 9.84. The number of allylic oxidation sites excluding steroid dienone is 8. The van der Waals surface area contributed by atoms with E-state index in [1.165, 1.54) is 0 Å². The van der Waals surface area contributed by atoms with Gasteiger partial charge in [0.25, 0.3) is 0 Å². The molecule has 0 saturated heterocycles. The van der Waals surface area contributed by atoms with Crippen LogP contribution in [0, 0.1) is 10.8 Å². The van der Waals surface area contributed by atoms with E-state index in [0.29, 0.717) is 0 Å². The molecule has 3 rings (SSSR count). The van der Waals surface area contributed by atoms with Gasteiger partial charge >= 0.3 is 11.5 Å². The van der Waals surface area contributed by atoms with E-state index in [1.807, 2.05) is 0 Å². The average Bonchev–Trinajstić information content (AvgIpc) is 2.72. The lowest BCUT2D eigenvalue weighted by molar-refractivity contribution is 0.161. The Bertz CT molecular complexity index is 1170. The van der Waals surface area contributed by atoms with Gasteiger partial charge in [0.05, 0.1) is 15.7 Å². The molecule has 0 N–H and O–H groups in total. The molecule has 2 aliphatic rings. The normalized spacial score (nSPS) is 18.6. The first-order valence-corrected chi connectivity index (χ1v) is 13.6. The van der Waals surface area contributed by atoms with E-state index >= 15 is 0 Å². The molecule has 0 unspecified atom stereocenters. The first kappa shape index (κ1) is 28.7. The summed E-state index contributed by atoms with van der Waals surface area (Å²) >= 11 is 10.7. The second-order valence-electron chi connectivity index (χ2n) is 14.0. The summed E-state index contributed by atoms with van der Waals surface area (Å²) in [6.07, 6.45) is 8.53. The molecule has 0 fully saturated rings. The molecule has 0 atom stereocenters. The summed E-state index contributed by atoms with van der Waals surface area (Å²) < 4.78 is 12.6. The molecule has 0 radical (unpaired) electrons.